The van der Waals surface area contributed by atoms with Gasteiger partial charge in [0.05, 0.1) is 13.2 Å². The van der Waals surface area contributed by atoms with Gasteiger partial charge in [0.1, 0.15) is 0 Å². The molecular weight excluding hydrogens is 410 g/mol. The van der Waals surface area contributed by atoms with Gasteiger partial charge in [0.15, 0.2) is 17.6 Å². The van der Waals surface area contributed by atoms with Crippen LogP contribution in [0.15, 0.2) is 42.6 Å². The molecule has 1 N–H and O–H groups in total. The van der Waals surface area contributed by atoms with Gasteiger partial charge >= 0.3 is 16.5 Å². The first-order valence-corrected chi connectivity index (χ1v) is 11.3. The standard InChI is InChI=1S/C21H27NO7S/c1-4-27-21(23)19(26-3)14-17-8-11-20(22-15-17)28-13-12-16-6-9-18(10-7-16)29-30(24,25)5-2/h6-11,15,19H,4-5,12-14H2,1-3H3/p+1. The number of benzene rings is 1. The average molecular weight is 439 g/mol. The summed E-state index contributed by atoms with van der Waals surface area (Å²) < 4.78 is 42.0. The van der Waals surface area contributed by atoms with Crippen LogP contribution < -0.4 is 8.92 Å². The van der Waals surface area contributed by atoms with Gasteiger partial charge in [-0.3, -0.25) is 4.18 Å². The van der Waals surface area contributed by atoms with Gasteiger partial charge in [-0.1, -0.05) is 18.2 Å². The molecule has 0 spiro atoms. The molecule has 0 radical (unpaired) electrons. The van der Waals surface area contributed by atoms with Crippen molar-refractivity contribution in [2.45, 2.75) is 32.8 Å². The number of rotatable bonds is 12. The molecule has 0 fully saturated rings. The molecule has 2 rings (SSSR count). The number of methoxy groups -OCH3 is 1. The Kier molecular flexibility index (Phi) is 9.22. The first-order valence-electron chi connectivity index (χ1n) is 9.66. The van der Waals surface area contributed by atoms with Crippen LogP contribution in [0.5, 0.6) is 11.6 Å². The van der Waals surface area contributed by atoms with E-state index in [1.165, 1.54) is 7.11 Å². The second kappa shape index (κ2) is 11.6. The van der Waals surface area contributed by atoms with E-state index in [-0.39, 0.29) is 5.75 Å². The zero-order valence-electron chi connectivity index (χ0n) is 17.4. The molecule has 1 aromatic carbocycles. The highest BCUT2D eigenvalue weighted by molar-refractivity contribution is 7.93. The zero-order chi connectivity index (χ0) is 22.0. The summed E-state index contributed by atoms with van der Waals surface area (Å²) in [5, 5.41) is 0. The van der Waals surface area contributed by atoms with Gasteiger partial charge in [-0.05, 0) is 41.3 Å². The van der Waals surface area contributed by atoms with Crippen molar-refractivity contribution in [3.63, 3.8) is 0 Å². The molecule has 30 heavy (non-hydrogen) atoms. The van der Waals surface area contributed by atoms with Crippen LogP contribution in [-0.4, -0.2) is 47.7 Å². The lowest BCUT2D eigenvalue weighted by molar-refractivity contribution is -0.154. The molecule has 0 aliphatic carbocycles. The quantitative estimate of drug-likeness (QED) is 0.398. The summed E-state index contributed by atoms with van der Waals surface area (Å²) in [6.45, 7) is 4.06. The Morgan fingerprint density at radius 1 is 1.13 bits per heavy atom. The van der Waals surface area contributed by atoms with E-state index in [1.54, 1.807) is 38.2 Å². The van der Waals surface area contributed by atoms with E-state index in [0.717, 1.165) is 11.1 Å². The lowest BCUT2D eigenvalue weighted by Gasteiger charge is -2.14. The Bertz CT molecular complexity index is 839. The number of nitrogens with zero attached hydrogens (tertiary/aromatic N) is 1. The summed E-state index contributed by atoms with van der Waals surface area (Å²) in [4.78, 5) is 16.1. The molecule has 0 saturated carbocycles. The minimum absolute atomic E-state index is 0.0311. The fraction of sp³-hybridized carbons (Fsp3) is 0.429. The molecule has 0 aliphatic rings. The first kappa shape index (κ1) is 23.8. The van der Waals surface area contributed by atoms with Crippen molar-refractivity contribution in [2.75, 3.05) is 26.1 Å². The minimum Gasteiger partial charge on any atom is -0.477 e. The third-order valence-electron chi connectivity index (χ3n) is 4.21. The Morgan fingerprint density at radius 3 is 2.40 bits per heavy atom. The lowest BCUT2D eigenvalue weighted by Crippen LogP contribution is -2.27. The molecule has 0 aliphatic heterocycles. The van der Waals surface area contributed by atoms with Gasteiger partial charge in [0, 0.05) is 32.2 Å². The zero-order valence-corrected chi connectivity index (χ0v) is 18.2. The maximum absolute atomic E-state index is 11.8. The molecule has 2 unspecified atom stereocenters. The summed E-state index contributed by atoms with van der Waals surface area (Å²) >= 11 is 0. The van der Waals surface area contributed by atoms with Crippen molar-refractivity contribution in [3.05, 3.63) is 53.7 Å². The SMILES string of the molecule is CCOC(=O)C(Cc1ccc(OCCc2ccc(O[S+](=O)(O)CC)cc2)nc1)OC. The maximum atomic E-state index is 11.8. The van der Waals surface area contributed by atoms with Crippen LogP contribution in [0.25, 0.3) is 0 Å². The largest absolute Gasteiger partial charge is 0.477 e. The number of ether oxygens (including phenoxy) is 3. The topological polar surface area (TPSA) is 104 Å². The van der Waals surface area contributed by atoms with E-state index >= 15 is 0 Å². The maximum Gasteiger partial charge on any atom is 0.393 e. The molecule has 0 saturated heterocycles. The van der Waals surface area contributed by atoms with E-state index < -0.39 is 22.6 Å². The van der Waals surface area contributed by atoms with Crippen LogP contribution in [0.2, 0.25) is 0 Å². The molecule has 1 aromatic heterocycles. The highest BCUT2D eigenvalue weighted by atomic mass is 32.3. The number of pyridine rings is 1. The normalized spacial score (nSPS) is 13.9. The number of hydrogen-bond acceptors (Lipinski definition) is 7. The van der Waals surface area contributed by atoms with Crippen molar-refractivity contribution in [1.82, 2.24) is 4.98 Å². The van der Waals surface area contributed by atoms with Crippen LogP contribution in [0.1, 0.15) is 25.0 Å². The molecule has 164 valence electrons. The van der Waals surface area contributed by atoms with Gasteiger partial charge in [0.2, 0.25) is 5.88 Å². The summed E-state index contributed by atoms with van der Waals surface area (Å²) in [6.07, 6.45) is 1.99. The van der Waals surface area contributed by atoms with Crippen molar-refractivity contribution in [1.29, 1.82) is 0 Å². The van der Waals surface area contributed by atoms with Gasteiger partial charge in [-0.15, -0.1) is 4.55 Å². The number of hydrogen-bond donors (Lipinski definition) is 1. The van der Waals surface area contributed by atoms with Crippen LogP contribution in [-0.2, 0) is 41.8 Å². The lowest BCUT2D eigenvalue weighted by atomic mass is 10.1. The fourth-order valence-electron chi connectivity index (χ4n) is 2.52. The van der Waals surface area contributed by atoms with Gasteiger partial charge in [-0.25, -0.2) is 9.78 Å². The third kappa shape index (κ3) is 7.74. The Labute approximate surface area is 178 Å². The highest BCUT2D eigenvalue weighted by Gasteiger charge is 2.24. The van der Waals surface area contributed by atoms with Gasteiger partial charge < -0.3 is 14.2 Å². The molecule has 1 heterocycles. The van der Waals surface area contributed by atoms with Crippen molar-refractivity contribution in [2.24, 2.45) is 0 Å². The van der Waals surface area contributed by atoms with Crippen LogP contribution >= 0.6 is 0 Å². The molecule has 2 atom stereocenters. The molecular formula is C21H28NO7S+. The Morgan fingerprint density at radius 2 is 1.83 bits per heavy atom. The second-order valence-electron chi connectivity index (χ2n) is 6.38. The fourth-order valence-corrected chi connectivity index (χ4v) is 3.05. The summed E-state index contributed by atoms with van der Waals surface area (Å²) in [7, 11) is -1.81. The number of carbonyl (C=O) groups excluding carboxylic acids is 1. The van der Waals surface area contributed by atoms with E-state index in [0.29, 0.717) is 37.7 Å². The van der Waals surface area contributed by atoms with E-state index in [4.69, 9.17) is 18.4 Å². The summed E-state index contributed by atoms with van der Waals surface area (Å²) in [6, 6.07) is 10.5. The van der Waals surface area contributed by atoms with E-state index in [9.17, 15) is 13.6 Å². The summed E-state index contributed by atoms with van der Waals surface area (Å²) in [5.74, 6) is 0.464. The average Bonchev–Trinajstić information content (AvgIpc) is 2.74. The Hall–Kier alpha value is -2.49. The van der Waals surface area contributed by atoms with Gasteiger partial charge in [0.25, 0.3) is 0 Å². The minimum atomic E-state index is -3.28. The van der Waals surface area contributed by atoms with E-state index in [2.05, 4.69) is 4.98 Å². The highest BCUT2D eigenvalue weighted by Crippen LogP contribution is 2.17. The third-order valence-corrected chi connectivity index (χ3v) is 5.39. The monoisotopic (exact) mass is 438 g/mol. The predicted octanol–water partition coefficient (Wildman–Crippen LogP) is 3.11. The molecule has 2 aromatic rings. The molecule has 8 nitrogen and oxygen atoms in total. The first-order chi connectivity index (χ1) is 14.4. The van der Waals surface area contributed by atoms with E-state index in [1.807, 2.05) is 18.2 Å². The smallest absolute Gasteiger partial charge is 0.393 e. The van der Waals surface area contributed by atoms with Crippen molar-refractivity contribution < 1.29 is 31.9 Å². The Balaban J connectivity index is 1.81. The number of carbonyl (C=O) groups is 1. The van der Waals surface area contributed by atoms with Crippen molar-refractivity contribution >= 4 is 16.5 Å². The second-order valence-corrected chi connectivity index (χ2v) is 8.29. The van der Waals surface area contributed by atoms with Gasteiger partial charge in [-0.2, -0.15) is 0 Å². The van der Waals surface area contributed by atoms with Crippen LogP contribution in [0.4, 0.5) is 0 Å². The number of esters is 1. The summed E-state index contributed by atoms with van der Waals surface area (Å²) in [5.41, 5.74) is 1.84. The van der Waals surface area contributed by atoms with Crippen molar-refractivity contribution in [3.8, 4) is 11.6 Å². The molecule has 0 amide bonds. The molecule has 9 heteroatoms. The number of aromatic nitrogens is 1. The van der Waals surface area contributed by atoms with Crippen LogP contribution in [0, 0.1) is 0 Å². The predicted molar refractivity (Wildman–Crippen MR) is 113 cm³/mol. The molecule has 0 bridgehead atoms. The van der Waals surface area contributed by atoms with Crippen LogP contribution in [0.3, 0.4) is 0 Å².